The van der Waals surface area contributed by atoms with Crippen LogP contribution in [0.4, 0.5) is 0 Å². The lowest BCUT2D eigenvalue weighted by Crippen LogP contribution is -2.44. The van der Waals surface area contributed by atoms with Gasteiger partial charge in [-0.1, -0.05) is 0 Å². The quantitative estimate of drug-likeness (QED) is 0.503. The lowest BCUT2D eigenvalue weighted by Gasteiger charge is -2.35. The van der Waals surface area contributed by atoms with Gasteiger partial charge in [0.25, 0.3) is 0 Å². The highest BCUT2D eigenvalue weighted by molar-refractivity contribution is 6.33. The molecule has 0 aromatic carbocycles. The van der Waals surface area contributed by atoms with E-state index >= 15 is 0 Å². The second kappa shape index (κ2) is 8.11. The maximum absolute atomic E-state index is 12.1. The summed E-state index contributed by atoms with van der Waals surface area (Å²) in [5.41, 5.74) is 0. The lowest BCUT2D eigenvalue weighted by molar-refractivity contribution is -0.161. The first-order valence-corrected chi connectivity index (χ1v) is 10.8. The van der Waals surface area contributed by atoms with Crippen molar-refractivity contribution in [2.75, 3.05) is 14.1 Å². The average molecular weight is 392 g/mol. The van der Waals surface area contributed by atoms with E-state index in [4.69, 9.17) is 9.47 Å². The van der Waals surface area contributed by atoms with E-state index in [0.717, 1.165) is 51.4 Å². The van der Waals surface area contributed by atoms with Crippen LogP contribution in [0.5, 0.6) is 0 Å². The van der Waals surface area contributed by atoms with Crippen molar-refractivity contribution >= 4 is 17.7 Å². The molecule has 4 bridgehead atoms. The summed E-state index contributed by atoms with van der Waals surface area (Å²) < 4.78 is 11.0. The molecule has 0 N–H and O–H groups in total. The minimum Gasteiger partial charge on any atom is -0.462 e. The van der Waals surface area contributed by atoms with E-state index in [-0.39, 0.29) is 31.0 Å². The number of Topliss-reactive ketones (excluding diaryl/α,β-unsaturated/α-hetero) is 1. The molecule has 156 valence electrons. The van der Waals surface area contributed by atoms with Gasteiger partial charge in [0.15, 0.2) is 0 Å². The SMILES string of the molecule is CN1[C@@H]2CC[C@H]1CC(OC(=O)CCC(=O)C(=O)OC1C[C@H]3CC[C@@H](C1)N3C)C2. The highest BCUT2D eigenvalue weighted by atomic mass is 16.6. The van der Waals surface area contributed by atoms with Crippen molar-refractivity contribution in [2.45, 2.75) is 101 Å². The summed E-state index contributed by atoms with van der Waals surface area (Å²) in [6.45, 7) is 0. The number of carbonyl (C=O) groups excluding carboxylic acids is 3. The van der Waals surface area contributed by atoms with Crippen molar-refractivity contribution < 1.29 is 23.9 Å². The predicted molar refractivity (Wildman–Crippen MR) is 102 cm³/mol. The number of hydrogen-bond donors (Lipinski definition) is 0. The molecule has 4 rings (SSSR count). The summed E-state index contributed by atoms with van der Waals surface area (Å²) >= 11 is 0. The summed E-state index contributed by atoms with van der Waals surface area (Å²) in [6.07, 6.45) is 7.52. The number of ether oxygens (including phenoxy) is 2. The number of esters is 2. The first kappa shape index (κ1) is 19.8. The summed E-state index contributed by atoms with van der Waals surface area (Å²) in [5.74, 6) is -1.79. The standard InChI is InChI=1S/C21H32N2O5/c1-22-13-3-4-14(22)10-17(9-13)27-20(25)8-7-19(24)21(26)28-18-11-15-5-6-16(12-18)23(15)2/h13-18H,3-12H2,1-2H3/t13-,14+,15-,16+,17?,18?. The van der Waals surface area contributed by atoms with Crippen LogP contribution in [-0.2, 0) is 23.9 Å². The monoisotopic (exact) mass is 392 g/mol. The Bertz CT molecular complexity index is 610. The van der Waals surface area contributed by atoms with E-state index in [9.17, 15) is 14.4 Å². The topological polar surface area (TPSA) is 76.1 Å². The zero-order valence-electron chi connectivity index (χ0n) is 17.0. The Hall–Kier alpha value is -1.47. The molecule has 7 nitrogen and oxygen atoms in total. The van der Waals surface area contributed by atoms with Crippen LogP contribution < -0.4 is 0 Å². The van der Waals surface area contributed by atoms with Crippen LogP contribution in [0.25, 0.3) is 0 Å². The number of rotatable bonds is 6. The average Bonchev–Trinajstić information content (AvgIpc) is 3.00. The Morgan fingerprint density at radius 3 is 1.61 bits per heavy atom. The van der Waals surface area contributed by atoms with Gasteiger partial charge < -0.3 is 19.3 Å². The van der Waals surface area contributed by atoms with Gasteiger partial charge in [0.1, 0.15) is 12.2 Å². The van der Waals surface area contributed by atoms with Gasteiger partial charge in [0, 0.05) is 43.4 Å². The van der Waals surface area contributed by atoms with Crippen LogP contribution >= 0.6 is 0 Å². The van der Waals surface area contributed by atoms with Crippen molar-refractivity contribution in [3.8, 4) is 0 Å². The Balaban J connectivity index is 1.17. The highest BCUT2D eigenvalue weighted by Gasteiger charge is 2.41. The molecular weight excluding hydrogens is 360 g/mol. The molecule has 0 aliphatic carbocycles. The molecular formula is C21H32N2O5. The number of hydrogen-bond acceptors (Lipinski definition) is 7. The Morgan fingerprint density at radius 2 is 1.14 bits per heavy atom. The summed E-state index contributed by atoms with van der Waals surface area (Å²) in [7, 11) is 4.26. The van der Waals surface area contributed by atoms with E-state index < -0.39 is 11.8 Å². The van der Waals surface area contributed by atoms with Crippen LogP contribution in [-0.4, -0.2) is 78.0 Å². The largest absolute Gasteiger partial charge is 0.462 e. The van der Waals surface area contributed by atoms with Gasteiger partial charge in [0.2, 0.25) is 5.78 Å². The summed E-state index contributed by atoms with van der Waals surface area (Å²) in [6, 6.07) is 1.90. The third-order valence-corrected chi connectivity index (χ3v) is 7.47. The van der Waals surface area contributed by atoms with Gasteiger partial charge in [-0.3, -0.25) is 9.59 Å². The van der Waals surface area contributed by atoms with Crippen molar-refractivity contribution in [3.63, 3.8) is 0 Å². The molecule has 6 atom stereocenters. The number of nitrogens with zero attached hydrogens (tertiary/aromatic N) is 2. The zero-order chi connectivity index (χ0) is 19.8. The van der Waals surface area contributed by atoms with E-state index in [0.29, 0.717) is 24.2 Å². The molecule has 4 fully saturated rings. The van der Waals surface area contributed by atoms with Crippen LogP contribution in [0.15, 0.2) is 0 Å². The molecule has 4 aliphatic rings. The van der Waals surface area contributed by atoms with Crippen LogP contribution in [0, 0.1) is 0 Å². The van der Waals surface area contributed by atoms with E-state index in [1.54, 1.807) is 0 Å². The normalized spacial score (nSPS) is 37.6. The lowest BCUT2D eigenvalue weighted by atomic mass is 10.0. The number of carbonyl (C=O) groups is 3. The number of piperidine rings is 2. The second-order valence-electron chi connectivity index (χ2n) is 9.11. The molecule has 0 spiro atoms. The molecule has 0 radical (unpaired) electrons. The van der Waals surface area contributed by atoms with Gasteiger partial charge >= 0.3 is 11.9 Å². The third-order valence-electron chi connectivity index (χ3n) is 7.47. The van der Waals surface area contributed by atoms with Gasteiger partial charge in [-0.05, 0) is 52.6 Å². The molecule has 2 unspecified atom stereocenters. The van der Waals surface area contributed by atoms with Gasteiger partial charge in [-0.25, -0.2) is 4.79 Å². The third kappa shape index (κ3) is 4.10. The van der Waals surface area contributed by atoms with E-state index in [1.807, 2.05) is 0 Å². The molecule has 7 heteroatoms. The van der Waals surface area contributed by atoms with E-state index in [2.05, 4.69) is 23.9 Å². The van der Waals surface area contributed by atoms with Crippen LogP contribution in [0.3, 0.4) is 0 Å². The van der Waals surface area contributed by atoms with Crippen LogP contribution in [0.2, 0.25) is 0 Å². The molecule has 0 amide bonds. The van der Waals surface area contributed by atoms with Crippen LogP contribution in [0.1, 0.15) is 64.2 Å². The number of ketones is 1. The van der Waals surface area contributed by atoms with Gasteiger partial charge in [0.05, 0.1) is 6.42 Å². The van der Waals surface area contributed by atoms with Crippen molar-refractivity contribution in [2.24, 2.45) is 0 Å². The molecule has 0 aromatic heterocycles. The van der Waals surface area contributed by atoms with E-state index in [1.165, 1.54) is 0 Å². The molecule has 0 saturated carbocycles. The van der Waals surface area contributed by atoms with Crippen molar-refractivity contribution in [1.29, 1.82) is 0 Å². The Kier molecular flexibility index (Phi) is 5.74. The predicted octanol–water partition coefficient (Wildman–Crippen LogP) is 1.67. The second-order valence-corrected chi connectivity index (χ2v) is 9.11. The first-order chi connectivity index (χ1) is 13.4. The fourth-order valence-corrected chi connectivity index (χ4v) is 5.70. The minimum absolute atomic E-state index is 0.0474. The maximum Gasteiger partial charge on any atom is 0.374 e. The van der Waals surface area contributed by atoms with Crippen molar-refractivity contribution in [3.05, 3.63) is 0 Å². The fourth-order valence-electron chi connectivity index (χ4n) is 5.70. The summed E-state index contributed by atoms with van der Waals surface area (Å²) in [4.78, 5) is 41.1. The highest BCUT2D eigenvalue weighted by Crippen LogP contribution is 2.36. The van der Waals surface area contributed by atoms with Gasteiger partial charge in [-0.15, -0.1) is 0 Å². The molecule has 0 aromatic rings. The minimum atomic E-state index is -0.793. The summed E-state index contributed by atoms with van der Waals surface area (Å²) in [5, 5.41) is 0. The maximum atomic E-state index is 12.1. The molecule has 4 aliphatic heterocycles. The number of fused-ring (bicyclic) bond motifs is 4. The molecule has 4 saturated heterocycles. The zero-order valence-corrected chi connectivity index (χ0v) is 17.0. The smallest absolute Gasteiger partial charge is 0.374 e. The molecule has 4 heterocycles. The first-order valence-electron chi connectivity index (χ1n) is 10.8. The molecule has 28 heavy (non-hydrogen) atoms. The fraction of sp³-hybridized carbons (Fsp3) is 0.857. The Labute approximate surface area is 166 Å². The van der Waals surface area contributed by atoms with Gasteiger partial charge in [-0.2, -0.15) is 0 Å². The van der Waals surface area contributed by atoms with Crippen molar-refractivity contribution in [1.82, 2.24) is 9.80 Å². The Morgan fingerprint density at radius 1 is 0.714 bits per heavy atom.